The van der Waals surface area contributed by atoms with Crippen molar-refractivity contribution in [1.29, 1.82) is 0 Å². The van der Waals surface area contributed by atoms with Gasteiger partial charge >= 0.3 is 5.97 Å². The lowest BCUT2D eigenvalue weighted by Crippen LogP contribution is -2.07. The van der Waals surface area contributed by atoms with Gasteiger partial charge in [-0.15, -0.1) is 0 Å². The quantitative estimate of drug-likeness (QED) is 0.431. The molecule has 1 fully saturated rings. The molecule has 0 spiro atoms. The maximum Gasteiger partial charge on any atom is 0.308 e. The lowest BCUT2D eigenvalue weighted by Gasteiger charge is -1.99. The van der Waals surface area contributed by atoms with Gasteiger partial charge < -0.3 is 9.47 Å². The molecule has 1 saturated heterocycles. The number of carbonyl (C=O) groups is 1. The van der Waals surface area contributed by atoms with Gasteiger partial charge in [0.05, 0.1) is 25.7 Å². The molecule has 0 aliphatic carbocycles. The smallest absolute Gasteiger partial charge is 0.308 e. The number of rotatable bonds is 4. The lowest BCUT2D eigenvalue weighted by molar-refractivity contribution is -0.144. The van der Waals surface area contributed by atoms with Crippen LogP contribution in [0.1, 0.15) is 19.8 Å². The van der Waals surface area contributed by atoms with Crippen molar-refractivity contribution < 1.29 is 14.3 Å². The Morgan fingerprint density at radius 1 is 1.80 bits per heavy atom. The summed E-state index contributed by atoms with van der Waals surface area (Å²) in [4.78, 5) is 10.8. The molecular weight excluding hydrogens is 132 g/mol. The van der Waals surface area contributed by atoms with E-state index in [4.69, 9.17) is 9.47 Å². The minimum absolute atomic E-state index is 0.135. The first-order valence-corrected chi connectivity index (χ1v) is 3.60. The molecule has 0 unspecified atom stereocenters. The maximum absolute atomic E-state index is 10.8. The predicted molar refractivity (Wildman–Crippen MR) is 35.6 cm³/mol. The molecule has 1 aliphatic heterocycles. The second kappa shape index (κ2) is 3.56. The van der Waals surface area contributed by atoms with Crippen molar-refractivity contribution in [1.82, 2.24) is 0 Å². The van der Waals surface area contributed by atoms with E-state index in [0.29, 0.717) is 13.0 Å². The molecule has 0 aromatic carbocycles. The van der Waals surface area contributed by atoms with Gasteiger partial charge in [-0.25, -0.2) is 0 Å². The highest BCUT2D eigenvalue weighted by molar-refractivity contribution is 5.70. The molecule has 58 valence electrons. The first-order chi connectivity index (χ1) is 4.83. The average Bonchev–Trinajstić information content (AvgIpc) is 2.67. The highest BCUT2D eigenvalue weighted by Gasteiger charge is 2.26. The van der Waals surface area contributed by atoms with Gasteiger partial charge in [0.2, 0.25) is 0 Å². The third kappa shape index (κ3) is 2.82. The summed E-state index contributed by atoms with van der Waals surface area (Å²) in [5.41, 5.74) is 0. The summed E-state index contributed by atoms with van der Waals surface area (Å²) >= 11 is 0. The van der Waals surface area contributed by atoms with Crippen LogP contribution in [-0.4, -0.2) is 25.3 Å². The molecule has 3 heteroatoms. The monoisotopic (exact) mass is 144 g/mol. The number of hydrogen-bond donors (Lipinski definition) is 0. The van der Waals surface area contributed by atoms with Crippen LogP contribution in [-0.2, 0) is 14.3 Å². The van der Waals surface area contributed by atoms with E-state index in [1.54, 1.807) is 0 Å². The summed E-state index contributed by atoms with van der Waals surface area (Å²) in [7, 11) is 0. The molecule has 1 rings (SSSR count). The first kappa shape index (κ1) is 7.54. The molecule has 3 nitrogen and oxygen atoms in total. The molecule has 1 heterocycles. The Labute approximate surface area is 60.3 Å². The summed E-state index contributed by atoms with van der Waals surface area (Å²) in [6.07, 6.45) is 1.47. The number of esters is 1. The number of epoxide rings is 1. The van der Waals surface area contributed by atoms with Crippen LogP contribution in [0.15, 0.2) is 0 Å². The Bertz CT molecular complexity index is 118. The predicted octanol–water partition coefficient (Wildman–Crippen LogP) is 0.729. The van der Waals surface area contributed by atoms with Crippen molar-refractivity contribution in [3.63, 3.8) is 0 Å². The standard InChI is InChI=1S/C7H12O3/c1-2-3-9-7(8)4-6-5-10-6/h6H,2-5H2,1H3/t6-/m1/s1. The molecule has 10 heavy (non-hydrogen) atoms. The molecule has 0 bridgehead atoms. The van der Waals surface area contributed by atoms with E-state index in [0.717, 1.165) is 13.0 Å². The lowest BCUT2D eigenvalue weighted by atomic mass is 10.3. The normalized spacial score (nSPS) is 22.3. The van der Waals surface area contributed by atoms with Crippen molar-refractivity contribution in [3.8, 4) is 0 Å². The van der Waals surface area contributed by atoms with Crippen molar-refractivity contribution in [2.75, 3.05) is 13.2 Å². The molecule has 0 aromatic heterocycles. The molecular formula is C7H12O3. The van der Waals surface area contributed by atoms with Crippen molar-refractivity contribution >= 4 is 5.97 Å². The summed E-state index contributed by atoms with van der Waals surface area (Å²) in [5, 5.41) is 0. The maximum atomic E-state index is 10.8. The van der Waals surface area contributed by atoms with Crippen LogP contribution < -0.4 is 0 Å². The highest BCUT2D eigenvalue weighted by Crippen LogP contribution is 2.13. The second-order valence-electron chi connectivity index (χ2n) is 2.38. The van der Waals surface area contributed by atoms with Crippen molar-refractivity contribution in [3.05, 3.63) is 0 Å². The molecule has 1 atom stereocenters. The zero-order valence-electron chi connectivity index (χ0n) is 6.13. The van der Waals surface area contributed by atoms with Gasteiger partial charge in [-0.05, 0) is 6.42 Å². The summed E-state index contributed by atoms with van der Waals surface area (Å²) in [6, 6.07) is 0. The Kier molecular flexibility index (Phi) is 2.68. The minimum Gasteiger partial charge on any atom is -0.466 e. The Balaban J connectivity index is 1.97. The summed E-state index contributed by atoms with van der Waals surface area (Å²) < 4.78 is 9.68. The van der Waals surface area contributed by atoms with E-state index in [2.05, 4.69) is 0 Å². The van der Waals surface area contributed by atoms with Crippen molar-refractivity contribution in [2.45, 2.75) is 25.9 Å². The average molecular weight is 144 g/mol. The second-order valence-corrected chi connectivity index (χ2v) is 2.38. The largest absolute Gasteiger partial charge is 0.466 e. The van der Waals surface area contributed by atoms with Crippen LogP contribution >= 0.6 is 0 Å². The zero-order chi connectivity index (χ0) is 7.40. The topological polar surface area (TPSA) is 38.8 Å². The van der Waals surface area contributed by atoms with Crippen LogP contribution in [0.3, 0.4) is 0 Å². The Morgan fingerprint density at radius 3 is 3.00 bits per heavy atom. The number of ether oxygens (including phenoxy) is 2. The molecule has 1 aliphatic rings. The Hall–Kier alpha value is -0.570. The highest BCUT2D eigenvalue weighted by atomic mass is 16.6. The van der Waals surface area contributed by atoms with Crippen LogP contribution in [0.4, 0.5) is 0 Å². The molecule has 0 N–H and O–H groups in total. The van der Waals surface area contributed by atoms with E-state index in [-0.39, 0.29) is 12.1 Å². The van der Waals surface area contributed by atoms with Gasteiger partial charge in [-0.1, -0.05) is 6.92 Å². The van der Waals surface area contributed by atoms with E-state index in [1.165, 1.54) is 0 Å². The fourth-order valence-electron chi connectivity index (χ4n) is 0.647. The van der Waals surface area contributed by atoms with E-state index >= 15 is 0 Å². The minimum atomic E-state index is -0.135. The van der Waals surface area contributed by atoms with Crippen LogP contribution in [0.25, 0.3) is 0 Å². The van der Waals surface area contributed by atoms with E-state index in [1.807, 2.05) is 6.92 Å². The first-order valence-electron chi connectivity index (χ1n) is 3.60. The van der Waals surface area contributed by atoms with Gasteiger partial charge in [0.1, 0.15) is 0 Å². The summed E-state index contributed by atoms with van der Waals surface area (Å²) in [6.45, 7) is 3.23. The van der Waals surface area contributed by atoms with Gasteiger partial charge in [-0.3, -0.25) is 4.79 Å². The van der Waals surface area contributed by atoms with E-state index < -0.39 is 0 Å². The van der Waals surface area contributed by atoms with Gasteiger partial charge in [0.25, 0.3) is 0 Å². The van der Waals surface area contributed by atoms with Crippen LogP contribution in [0.2, 0.25) is 0 Å². The zero-order valence-corrected chi connectivity index (χ0v) is 6.13. The van der Waals surface area contributed by atoms with Crippen molar-refractivity contribution in [2.24, 2.45) is 0 Å². The summed E-state index contributed by atoms with van der Waals surface area (Å²) in [5.74, 6) is -0.135. The molecule has 0 amide bonds. The molecule has 0 radical (unpaired) electrons. The fourth-order valence-corrected chi connectivity index (χ4v) is 0.647. The van der Waals surface area contributed by atoms with Gasteiger partial charge in [0, 0.05) is 0 Å². The van der Waals surface area contributed by atoms with Crippen LogP contribution in [0, 0.1) is 0 Å². The van der Waals surface area contributed by atoms with Crippen LogP contribution in [0.5, 0.6) is 0 Å². The third-order valence-electron chi connectivity index (χ3n) is 1.26. The van der Waals surface area contributed by atoms with Gasteiger partial charge in [-0.2, -0.15) is 0 Å². The van der Waals surface area contributed by atoms with Gasteiger partial charge in [0.15, 0.2) is 0 Å². The number of hydrogen-bond acceptors (Lipinski definition) is 3. The fraction of sp³-hybridized carbons (Fsp3) is 0.857. The SMILES string of the molecule is CCCOC(=O)C[C@@H]1CO1. The molecule has 0 saturated carbocycles. The van der Waals surface area contributed by atoms with E-state index in [9.17, 15) is 4.79 Å². The Morgan fingerprint density at radius 2 is 2.50 bits per heavy atom. The molecule has 0 aromatic rings. The number of carbonyl (C=O) groups excluding carboxylic acids is 1. The third-order valence-corrected chi connectivity index (χ3v) is 1.26.